The lowest BCUT2D eigenvalue weighted by Gasteiger charge is -2.29. The van der Waals surface area contributed by atoms with Crippen molar-refractivity contribution in [1.82, 2.24) is 0 Å². The molecule has 0 saturated heterocycles. The Morgan fingerprint density at radius 2 is 2.07 bits per heavy atom. The molecule has 1 aliphatic carbocycles. The smallest absolute Gasteiger partial charge is 0.294 e. The molecule has 1 rings (SSSR count). The largest absolute Gasteiger partial charge is 0.327 e. The molecular weight excluding hydrogens is 207 g/mol. The third-order valence-corrected chi connectivity index (χ3v) is 3.84. The summed E-state index contributed by atoms with van der Waals surface area (Å²) in [5, 5.41) is 0. The zero-order valence-corrected chi connectivity index (χ0v) is 10.7. The average molecular weight is 230 g/mol. The van der Waals surface area contributed by atoms with Crippen molar-refractivity contribution in [2.24, 2.45) is 11.8 Å². The highest BCUT2D eigenvalue weighted by atomic mass is 31.1. The Morgan fingerprint density at radius 1 is 1.33 bits per heavy atom. The summed E-state index contributed by atoms with van der Waals surface area (Å²) in [5.74, 6) is 1.47. The van der Waals surface area contributed by atoms with E-state index >= 15 is 0 Å². The summed E-state index contributed by atoms with van der Waals surface area (Å²) in [5.41, 5.74) is 0. The third kappa shape index (κ3) is 5.08. The molecule has 0 aromatic carbocycles. The Hall–Kier alpha value is 0.0600. The van der Waals surface area contributed by atoms with Gasteiger partial charge in [0, 0.05) is 0 Å². The molecule has 1 aliphatic rings. The van der Waals surface area contributed by atoms with Crippen molar-refractivity contribution < 1.29 is 9.09 Å². The van der Waals surface area contributed by atoms with Crippen LogP contribution < -0.4 is 0 Å². The second-order valence-corrected chi connectivity index (χ2v) is 5.08. The second kappa shape index (κ2) is 8.24. The van der Waals surface area contributed by atoms with Gasteiger partial charge >= 0.3 is 8.69 Å². The highest BCUT2D eigenvalue weighted by Crippen LogP contribution is 2.33. The van der Waals surface area contributed by atoms with Gasteiger partial charge in [0.05, 0.1) is 6.61 Å². The highest BCUT2D eigenvalue weighted by molar-refractivity contribution is 7.17. The van der Waals surface area contributed by atoms with Crippen molar-refractivity contribution in [3.63, 3.8) is 0 Å². The molecule has 15 heavy (non-hydrogen) atoms. The van der Waals surface area contributed by atoms with Gasteiger partial charge in [-0.1, -0.05) is 51.9 Å². The Kier molecular flexibility index (Phi) is 7.21. The predicted molar refractivity (Wildman–Crippen MR) is 63.1 cm³/mol. The Morgan fingerprint density at radius 3 is 2.67 bits per heavy atom. The van der Waals surface area contributed by atoms with Gasteiger partial charge in [-0.05, 0) is 18.3 Å². The van der Waals surface area contributed by atoms with Crippen molar-refractivity contribution in [1.29, 1.82) is 0 Å². The summed E-state index contributed by atoms with van der Waals surface area (Å²) in [7, 11) is -0.151. The first-order valence-electron chi connectivity index (χ1n) is 6.33. The van der Waals surface area contributed by atoms with Gasteiger partial charge < -0.3 is 0 Å². The molecule has 88 valence electrons. The van der Waals surface area contributed by atoms with Crippen molar-refractivity contribution in [3.8, 4) is 0 Å². The van der Waals surface area contributed by atoms with Crippen molar-refractivity contribution in [3.05, 3.63) is 0 Å². The lowest BCUT2D eigenvalue weighted by atomic mass is 9.78. The molecule has 0 aliphatic heterocycles. The molecule has 0 bridgehead atoms. The molecule has 0 aromatic heterocycles. The van der Waals surface area contributed by atoms with Crippen molar-refractivity contribution in [2.45, 2.75) is 58.3 Å². The van der Waals surface area contributed by atoms with Crippen LogP contribution in [-0.4, -0.2) is 6.61 Å². The van der Waals surface area contributed by atoms with E-state index in [2.05, 4.69) is 6.92 Å². The molecule has 1 fully saturated rings. The minimum absolute atomic E-state index is 0.151. The van der Waals surface area contributed by atoms with E-state index < -0.39 is 0 Å². The lowest BCUT2D eigenvalue weighted by Crippen LogP contribution is -2.21. The summed E-state index contributed by atoms with van der Waals surface area (Å²) < 4.78 is 15.4. The van der Waals surface area contributed by atoms with Gasteiger partial charge in [-0.25, -0.2) is 4.57 Å². The van der Waals surface area contributed by atoms with E-state index in [0.29, 0.717) is 12.5 Å². The van der Waals surface area contributed by atoms with Crippen LogP contribution in [0.5, 0.6) is 0 Å². The topological polar surface area (TPSA) is 26.3 Å². The van der Waals surface area contributed by atoms with E-state index in [1.54, 1.807) is 0 Å². The van der Waals surface area contributed by atoms with Crippen LogP contribution in [0.3, 0.4) is 0 Å². The summed E-state index contributed by atoms with van der Waals surface area (Å²) in [4.78, 5) is 0. The summed E-state index contributed by atoms with van der Waals surface area (Å²) >= 11 is 0. The van der Waals surface area contributed by atoms with Crippen LogP contribution in [0.15, 0.2) is 0 Å². The number of hydrogen-bond donors (Lipinski definition) is 0. The van der Waals surface area contributed by atoms with E-state index in [9.17, 15) is 4.57 Å². The molecule has 0 aromatic rings. The van der Waals surface area contributed by atoms with Gasteiger partial charge in [0.15, 0.2) is 0 Å². The molecule has 0 heterocycles. The normalized spacial score (nSPS) is 20.6. The lowest BCUT2D eigenvalue weighted by molar-refractivity contribution is 0.160. The van der Waals surface area contributed by atoms with Crippen LogP contribution in [-0.2, 0) is 9.09 Å². The zero-order valence-electron chi connectivity index (χ0n) is 9.78. The summed E-state index contributed by atoms with van der Waals surface area (Å²) in [6, 6.07) is 0. The van der Waals surface area contributed by atoms with Crippen LogP contribution in [0, 0.1) is 11.8 Å². The number of unbranched alkanes of at least 4 members (excludes halogenated alkanes) is 1. The molecule has 1 unspecified atom stereocenters. The van der Waals surface area contributed by atoms with Crippen LogP contribution >= 0.6 is 8.69 Å². The van der Waals surface area contributed by atoms with E-state index in [0.717, 1.165) is 5.92 Å². The fourth-order valence-corrected chi connectivity index (χ4v) is 2.91. The zero-order chi connectivity index (χ0) is 10.9. The monoisotopic (exact) mass is 230 g/mol. The maximum absolute atomic E-state index is 10.3. The highest BCUT2D eigenvalue weighted by Gasteiger charge is 2.23. The minimum Gasteiger partial charge on any atom is -0.294 e. The van der Waals surface area contributed by atoms with Gasteiger partial charge in [0.25, 0.3) is 0 Å². The minimum atomic E-state index is -0.151. The second-order valence-electron chi connectivity index (χ2n) is 4.67. The predicted octanol–water partition coefficient (Wildman–Crippen LogP) is 4.60. The molecule has 3 heteroatoms. The van der Waals surface area contributed by atoms with Crippen molar-refractivity contribution in [2.75, 3.05) is 6.61 Å². The van der Waals surface area contributed by atoms with Gasteiger partial charge in [-0.15, -0.1) is 0 Å². The van der Waals surface area contributed by atoms with Gasteiger partial charge in [0.1, 0.15) is 0 Å². The average Bonchev–Trinajstić information content (AvgIpc) is 2.30. The molecule has 0 N–H and O–H groups in total. The van der Waals surface area contributed by atoms with E-state index in [4.69, 9.17) is 4.52 Å². The first-order valence-corrected chi connectivity index (χ1v) is 7.06. The molecule has 0 spiro atoms. The van der Waals surface area contributed by atoms with Crippen LogP contribution in [0.1, 0.15) is 58.3 Å². The number of rotatable bonds is 7. The maximum Gasteiger partial charge on any atom is 0.327 e. The quantitative estimate of drug-likeness (QED) is 0.597. The maximum atomic E-state index is 10.3. The van der Waals surface area contributed by atoms with Crippen LogP contribution in [0.2, 0.25) is 0 Å². The molecule has 2 nitrogen and oxygen atoms in total. The van der Waals surface area contributed by atoms with E-state index in [1.807, 2.05) is 0 Å². The molecule has 1 saturated carbocycles. The Bertz CT molecular complexity index is 167. The van der Waals surface area contributed by atoms with Gasteiger partial charge in [0.2, 0.25) is 0 Å². The SMILES string of the molecule is CCCCC(COP=O)C1CCCCC1. The first-order chi connectivity index (χ1) is 7.38. The molecule has 1 atom stereocenters. The molecule has 0 amide bonds. The van der Waals surface area contributed by atoms with E-state index in [1.165, 1.54) is 51.4 Å². The Balaban J connectivity index is 2.33. The summed E-state index contributed by atoms with van der Waals surface area (Å²) in [6.45, 7) is 2.92. The van der Waals surface area contributed by atoms with Gasteiger partial charge in [-0.3, -0.25) is 4.52 Å². The fraction of sp³-hybridized carbons (Fsp3) is 1.00. The van der Waals surface area contributed by atoms with Crippen molar-refractivity contribution >= 4 is 8.69 Å². The van der Waals surface area contributed by atoms with Crippen LogP contribution in [0.25, 0.3) is 0 Å². The van der Waals surface area contributed by atoms with Crippen LogP contribution in [0.4, 0.5) is 0 Å². The first kappa shape index (κ1) is 13.1. The number of hydrogen-bond acceptors (Lipinski definition) is 2. The van der Waals surface area contributed by atoms with E-state index in [-0.39, 0.29) is 8.69 Å². The van der Waals surface area contributed by atoms with Gasteiger partial charge in [-0.2, -0.15) is 0 Å². The fourth-order valence-electron chi connectivity index (χ4n) is 2.65. The Labute approximate surface area is 95.1 Å². The molecule has 0 radical (unpaired) electrons. The summed E-state index contributed by atoms with van der Waals surface area (Å²) in [6.07, 6.45) is 10.6. The molecular formula is C12H23O2P. The standard InChI is InChI=1S/C12H23O2P/c1-2-3-7-12(10-14-15-13)11-8-5-4-6-9-11/h11-12H,2-10H2,1H3. The third-order valence-electron chi connectivity index (χ3n) is 3.59.